The highest BCUT2D eigenvalue weighted by Gasteiger charge is 2.09. The van der Waals surface area contributed by atoms with Crippen molar-refractivity contribution in [3.63, 3.8) is 0 Å². The zero-order chi connectivity index (χ0) is 14.7. The molecule has 0 saturated carbocycles. The molecule has 0 heterocycles. The van der Waals surface area contributed by atoms with Crippen LogP contribution in [0.15, 0.2) is 42.5 Å². The van der Waals surface area contributed by atoms with Crippen molar-refractivity contribution in [1.82, 2.24) is 0 Å². The van der Waals surface area contributed by atoms with Crippen molar-refractivity contribution >= 4 is 11.5 Å². The molecule has 0 aliphatic rings. The van der Waals surface area contributed by atoms with Crippen molar-refractivity contribution in [2.75, 3.05) is 11.9 Å². The fourth-order valence-corrected chi connectivity index (χ4v) is 2.55. The minimum Gasteiger partial charge on any atom is -0.384 e. The highest BCUT2D eigenvalue weighted by atomic mass is 15.1. The summed E-state index contributed by atoms with van der Waals surface area (Å²) in [7, 11) is 2.03. The molecule has 0 aromatic heterocycles. The van der Waals surface area contributed by atoms with Crippen molar-refractivity contribution in [1.29, 1.82) is 5.41 Å². The Morgan fingerprint density at radius 3 is 2.30 bits per heavy atom. The lowest BCUT2D eigenvalue weighted by atomic mass is 10.1. The molecule has 3 nitrogen and oxygen atoms in total. The minimum atomic E-state index is 0.105. The lowest BCUT2D eigenvalue weighted by Gasteiger charge is -2.22. The largest absolute Gasteiger partial charge is 0.384 e. The normalized spacial score (nSPS) is 10.3. The van der Waals surface area contributed by atoms with E-state index in [0.717, 1.165) is 17.8 Å². The van der Waals surface area contributed by atoms with E-state index in [-0.39, 0.29) is 5.84 Å². The molecular formula is C17H21N3. The lowest BCUT2D eigenvalue weighted by molar-refractivity contribution is 0.918. The van der Waals surface area contributed by atoms with Crippen LogP contribution in [0.4, 0.5) is 5.69 Å². The summed E-state index contributed by atoms with van der Waals surface area (Å²) in [6.07, 6.45) is 0. The molecule has 0 fully saturated rings. The molecule has 3 N–H and O–H groups in total. The average Bonchev–Trinajstić information content (AvgIpc) is 2.37. The Kier molecular flexibility index (Phi) is 4.08. The summed E-state index contributed by atoms with van der Waals surface area (Å²) in [6, 6.07) is 14.3. The van der Waals surface area contributed by atoms with Crippen LogP contribution in [0.25, 0.3) is 0 Å². The van der Waals surface area contributed by atoms with Gasteiger partial charge in [0.05, 0.1) is 0 Å². The number of benzene rings is 2. The van der Waals surface area contributed by atoms with E-state index in [0.29, 0.717) is 0 Å². The second-order valence-electron chi connectivity index (χ2n) is 5.28. The molecule has 3 heteroatoms. The van der Waals surface area contributed by atoms with E-state index in [1.165, 1.54) is 16.7 Å². The van der Waals surface area contributed by atoms with Gasteiger partial charge in [0.25, 0.3) is 0 Å². The van der Waals surface area contributed by atoms with Gasteiger partial charge in [-0.05, 0) is 31.5 Å². The van der Waals surface area contributed by atoms with E-state index in [1.807, 2.05) is 31.3 Å². The van der Waals surface area contributed by atoms with Gasteiger partial charge in [-0.1, -0.05) is 41.5 Å². The Hall–Kier alpha value is -2.29. The molecule has 0 saturated heterocycles. The van der Waals surface area contributed by atoms with E-state index >= 15 is 0 Å². The van der Waals surface area contributed by atoms with Crippen molar-refractivity contribution in [3.8, 4) is 0 Å². The summed E-state index contributed by atoms with van der Waals surface area (Å²) in [6.45, 7) is 5.02. The van der Waals surface area contributed by atoms with E-state index in [2.05, 4.69) is 36.9 Å². The number of hydrogen-bond donors (Lipinski definition) is 2. The van der Waals surface area contributed by atoms with Crippen LogP contribution in [0.1, 0.15) is 22.3 Å². The Bertz CT molecular complexity index is 612. The zero-order valence-electron chi connectivity index (χ0n) is 12.3. The van der Waals surface area contributed by atoms with Gasteiger partial charge in [0.15, 0.2) is 0 Å². The number of rotatable bonds is 4. The molecule has 2 aromatic rings. The maximum atomic E-state index is 7.67. The predicted octanol–water partition coefficient (Wildman–Crippen LogP) is 3.22. The maximum absolute atomic E-state index is 7.67. The van der Waals surface area contributed by atoms with Crippen LogP contribution in [0, 0.1) is 19.3 Å². The van der Waals surface area contributed by atoms with Gasteiger partial charge >= 0.3 is 0 Å². The summed E-state index contributed by atoms with van der Waals surface area (Å²) in [4.78, 5) is 2.13. The molecule has 20 heavy (non-hydrogen) atoms. The smallest absolute Gasteiger partial charge is 0.124 e. The average molecular weight is 267 g/mol. The molecule has 0 spiro atoms. The first-order valence-corrected chi connectivity index (χ1v) is 6.69. The first-order valence-electron chi connectivity index (χ1n) is 6.69. The SMILES string of the molecule is Cc1cc(C)cc(CN(C)c2ccccc2C(=N)N)c1. The fourth-order valence-electron chi connectivity index (χ4n) is 2.55. The minimum absolute atomic E-state index is 0.105. The van der Waals surface area contributed by atoms with Gasteiger partial charge < -0.3 is 10.6 Å². The number of amidine groups is 1. The number of nitrogens with two attached hydrogens (primary N) is 1. The Labute approximate surface area is 120 Å². The third kappa shape index (κ3) is 3.18. The van der Waals surface area contributed by atoms with E-state index in [1.54, 1.807) is 0 Å². The summed E-state index contributed by atoms with van der Waals surface area (Å²) < 4.78 is 0. The zero-order valence-corrected chi connectivity index (χ0v) is 12.3. The van der Waals surface area contributed by atoms with Crippen LogP contribution < -0.4 is 10.6 Å². The Morgan fingerprint density at radius 1 is 1.10 bits per heavy atom. The van der Waals surface area contributed by atoms with Crippen molar-refractivity contribution in [2.45, 2.75) is 20.4 Å². The number of anilines is 1. The molecule has 0 amide bonds. The second kappa shape index (κ2) is 5.78. The topological polar surface area (TPSA) is 53.1 Å². The number of para-hydroxylation sites is 1. The van der Waals surface area contributed by atoms with Crippen molar-refractivity contribution in [2.24, 2.45) is 5.73 Å². The molecule has 2 aromatic carbocycles. The highest BCUT2D eigenvalue weighted by molar-refractivity contribution is 6.00. The lowest BCUT2D eigenvalue weighted by Crippen LogP contribution is -2.22. The molecule has 2 rings (SSSR count). The summed E-state index contributed by atoms with van der Waals surface area (Å²) in [5, 5.41) is 7.67. The molecule has 0 atom stereocenters. The quantitative estimate of drug-likeness (QED) is 0.660. The van der Waals surface area contributed by atoms with E-state index in [9.17, 15) is 0 Å². The fraction of sp³-hybridized carbons (Fsp3) is 0.235. The van der Waals surface area contributed by atoms with Crippen LogP contribution in [0.5, 0.6) is 0 Å². The summed E-state index contributed by atoms with van der Waals surface area (Å²) in [5.74, 6) is 0.105. The predicted molar refractivity (Wildman–Crippen MR) is 85.5 cm³/mol. The molecule has 0 radical (unpaired) electrons. The van der Waals surface area contributed by atoms with Gasteiger partial charge in [-0.15, -0.1) is 0 Å². The van der Waals surface area contributed by atoms with Gasteiger partial charge in [-0.25, -0.2) is 0 Å². The third-order valence-corrected chi connectivity index (χ3v) is 3.31. The Morgan fingerprint density at radius 2 is 1.70 bits per heavy atom. The molecule has 0 aliphatic carbocycles. The summed E-state index contributed by atoms with van der Waals surface area (Å²) in [5.41, 5.74) is 11.2. The van der Waals surface area contributed by atoms with E-state index in [4.69, 9.17) is 11.1 Å². The molecule has 104 valence electrons. The van der Waals surface area contributed by atoms with Gasteiger partial charge in [-0.2, -0.15) is 0 Å². The molecular weight excluding hydrogens is 246 g/mol. The number of nitrogen functional groups attached to an aromatic ring is 1. The van der Waals surface area contributed by atoms with Gasteiger partial charge in [0.1, 0.15) is 5.84 Å². The van der Waals surface area contributed by atoms with Crippen LogP contribution in [-0.2, 0) is 6.54 Å². The highest BCUT2D eigenvalue weighted by Crippen LogP contribution is 2.21. The van der Waals surface area contributed by atoms with Gasteiger partial charge in [0, 0.05) is 24.8 Å². The molecule has 0 unspecified atom stereocenters. The first-order chi connectivity index (χ1) is 9.47. The third-order valence-electron chi connectivity index (χ3n) is 3.31. The number of hydrogen-bond acceptors (Lipinski definition) is 2. The molecule has 0 aliphatic heterocycles. The van der Waals surface area contributed by atoms with Crippen LogP contribution >= 0.6 is 0 Å². The Balaban J connectivity index is 2.28. The van der Waals surface area contributed by atoms with Crippen LogP contribution in [-0.4, -0.2) is 12.9 Å². The summed E-state index contributed by atoms with van der Waals surface area (Å²) >= 11 is 0. The van der Waals surface area contributed by atoms with E-state index < -0.39 is 0 Å². The van der Waals surface area contributed by atoms with Gasteiger partial charge in [-0.3, -0.25) is 5.41 Å². The number of aryl methyl sites for hydroxylation is 2. The number of nitrogens with one attached hydrogen (secondary N) is 1. The molecule has 0 bridgehead atoms. The second-order valence-corrected chi connectivity index (χ2v) is 5.28. The van der Waals surface area contributed by atoms with Crippen molar-refractivity contribution < 1.29 is 0 Å². The van der Waals surface area contributed by atoms with Crippen LogP contribution in [0.3, 0.4) is 0 Å². The first kappa shape index (κ1) is 14.1. The monoisotopic (exact) mass is 267 g/mol. The maximum Gasteiger partial charge on any atom is 0.124 e. The number of nitrogens with zero attached hydrogens (tertiary/aromatic N) is 1. The van der Waals surface area contributed by atoms with Crippen molar-refractivity contribution in [3.05, 3.63) is 64.7 Å². The standard InChI is InChI=1S/C17H21N3/c1-12-8-13(2)10-14(9-12)11-20(3)16-7-5-4-6-15(16)17(18)19/h4-10H,11H2,1-3H3,(H3,18,19). The van der Waals surface area contributed by atoms with Crippen LogP contribution in [0.2, 0.25) is 0 Å². The van der Waals surface area contributed by atoms with Gasteiger partial charge in [0.2, 0.25) is 0 Å².